The molecule has 3 atom stereocenters. The van der Waals surface area contributed by atoms with Crippen molar-refractivity contribution in [3.8, 4) is 0 Å². The lowest BCUT2D eigenvalue weighted by Gasteiger charge is -2.21. The highest BCUT2D eigenvalue weighted by Crippen LogP contribution is 2.41. The van der Waals surface area contributed by atoms with E-state index in [-0.39, 0.29) is 35.9 Å². The van der Waals surface area contributed by atoms with Gasteiger partial charge in [0.15, 0.2) is 5.96 Å². The van der Waals surface area contributed by atoms with Crippen molar-refractivity contribution in [2.24, 2.45) is 10.9 Å². The summed E-state index contributed by atoms with van der Waals surface area (Å²) in [6, 6.07) is 8.78. The van der Waals surface area contributed by atoms with Gasteiger partial charge in [-0.15, -0.1) is 24.0 Å². The van der Waals surface area contributed by atoms with Crippen LogP contribution in [0.4, 0.5) is 0 Å². The summed E-state index contributed by atoms with van der Waals surface area (Å²) in [7, 11) is 1.81. The van der Waals surface area contributed by atoms with Crippen molar-refractivity contribution in [3.63, 3.8) is 0 Å². The second-order valence-corrected chi connectivity index (χ2v) is 8.55. The Morgan fingerprint density at radius 1 is 1.21 bits per heavy atom. The summed E-state index contributed by atoms with van der Waals surface area (Å²) in [6.07, 6.45) is 6.64. The quantitative estimate of drug-likeness (QED) is 0.364. The third-order valence-corrected chi connectivity index (χ3v) is 6.39. The van der Waals surface area contributed by atoms with Crippen LogP contribution in [-0.4, -0.2) is 49.0 Å². The summed E-state index contributed by atoms with van der Waals surface area (Å²) < 4.78 is 0. The van der Waals surface area contributed by atoms with Gasteiger partial charge in [-0.25, -0.2) is 0 Å². The van der Waals surface area contributed by atoms with Crippen molar-refractivity contribution in [1.29, 1.82) is 0 Å². The zero-order valence-electron chi connectivity index (χ0n) is 16.4. The average Bonchev–Trinajstić information content (AvgIpc) is 3.06. The van der Waals surface area contributed by atoms with Gasteiger partial charge in [-0.3, -0.25) is 9.79 Å². The van der Waals surface area contributed by atoms with Crippen LogP contribution in [0.1, 0.15) is 50.0 Å². The second kappa shape index (κ2) is 9.65. The molecule has 2 saturated carbocycles. The minimum atomic E-state index is 0. The van der Waals surface area contributed by atoms with Crippen LogP contribution in [0, 0.1) is 5.92 Å². The number of aliphatic imine (C=N–C) groups is 1. The van der Waals surface area contributed by atoms with E-state index in [2.05, 4.69) is 21.7 Å². The lowest BCUT2D eigenvalue weighted by molar-refractivity contribution is -0.134. The van der Waals surface area contributed by atoms with Gasteiger partial charge in [0.05, 0.1) is 0 Å². The van der Waals surface area contributed by atoms with E-state index >= 15 is 0 Å². The van der Waals surface area contributed by atoms with Crippen LogP contribution in [0.15, 0.2) is 29.3 Å². The smallest absolute Gasteiger partial charge is 0.225 e. The van der Waals surface area contributed by atoms with Crippen molar-refractivity contribution in [2.45, 2.75) is 56.5 Å². The maximum Gasteiger partial charge on any atom is 0.225 e. The first-order chi connectivity index (χ1) is 13.1. The molecule has 0 radical (unpaired) electrons. The molecule has 28 heavy (non-hydrogen) atoms. The number of rotatable bonds is 4. The van der Waals surface area contributed by atoms with Gasteiger partial charge >= 0.3 is 0 Å². The molecule has 154 valence electrons. The summed E-state index contributed by atoms with van der Waals surface area (Å²) in [4.78, 5) is 19.0. The standard InChI is InChI=1S/C21H29ClN4O.HI/c1-23-21(25-19-12-18(19)15-7-4-8-16(22)11-15)24-17-9-10-26(13-17)20(27)14-5-2-3-6-14;/h4,7-8,11,14,17-19H,2-3,5-6,9-10,12-13H2,1H3,(H2,23,24,25);1H. The van der Waals surface area contributed by atoms with Crippen molar-refractivity contribution in [3.05, 3.63) is 34.9 Å². The van der Waals surface area contributed by atoms with Gasteiger partial charge in [0, 0.05) is 49.1 Å². The summed E-state index contributed by atoms with van der Waals surface area (Å²) in [5.41, 5.74) is 1.28. The number of halogens is 2. The number of hydrogen-bond donors (Lipinski definition) is 2. The minimum absolute atomic E-state index is 0. The molecule has 1 aliphatic heterocycles. The number of nitrogens with one attached hydrogen (secondary N) is 2. The number of benzene rings is 1. The third-order valence-electron chi connectivity index (χ3n) is 6.16. The molecule has 1 aromatic carbocycles. The summed E-state index contributed by atoms with van der Waals surface area (Å²) in [6.45, 7) is 1.65. The minimum Gasteiger partial charge on any atom is -0.353 e. The van der Waals surface area contributed by atoms with Crippen LogP contribution in [0.5, 0.6) is 0 Å². The number of carbonyl (C=O) groups is 1. The predicted molar refractivity (Wildman–Crippen MR) is 125 cm³/mol. The average molecular weight is 517 g/mol. The topological polar surface area (TPSA) is 56.7 Å². The number of nitrogens with zero attached hydrogens (tertiary/aromatic N) is 2. The molecule has 3 aliphatic rings. The van der Waals surface area contributed by atoms with E-state index in [1.54, 1.807) is 0 Å². The van der Waals surface area contributed by atoms with E-state index in [0.29, 0.717) is 17.9 Å². The Hall–Kier alpha value is -1.02. The molecule has 1 heterocycles. The van der Waals surface area contributed by atoms with Crippen molar-refractivity contribution in [2.75, 3.05) is 20.1 Å². The lowest BCUT2D eigenvalue weighted by atomic mass is 10.1. The highest BCUT2D eigenvalue weighted by atomic mass is 127. The molecule has 3 fully saturated rings. The van der Waals surface area contributed by atoms with E-state index < -0.39 is 0 Å². The number of hydrogen-bond acceptors (Lipinski definition) is 2. The fraction of sp³-hybridized carbons (Fsp3) is 0.619. The fourth-order valence-electron chi connectivity index (χ4n) is 4.51. The molecule has 0 aromatic heterocycles. The normalized spacial score (nSPS) is 27.4. The zero-order valence-corrected chi connectivity index (χ0v) is 19.5. The van der Waals surface area contributed by atoms with Crippen LogP contribution < -0.4 is 10.6 Å². The van der Waals surface area contributed by atoms with Gasteiger partial charge in [-0.1, -0.05) is 36.6 Å². The molecule has 0 spiro atoms. The number of guanidine groups is 1. The Morgan fingerprint density at radius 3 is 2.71 bits per heavy atom. The van der Waals surface area contributed by atoms with E-state index in [1.807, 2.05) is 30.1 Å². The molecule has 5 nitrogen and oxygen atoms in total. The van der Waals surface area contributed by atoms with Gasteiger partial charge < -0.3 is 15.5 Å². The SMILES string of the molecule is CN=C(NC1CCN(C(=O)C2CCCC2)C1)NC1CC1c1cccc(Cl)c1.I. The first-order valence-electron chi connectivity index (χ1n) is 10.2. The first-order valence-corrected chi connectivity index (χ1v) is 10.6. The summed E-state index contributed by atoms with van der Waals surface area (Å²) in [5.74, 6) is 1.96. The number of carbonyl (C=O) groups excluding carboxylic acids is 1. The van der Waals surface area contributed by atoms with Crippen LogP contribution in [0.2, 0.25) is 5.02 Å². The highest BCUT2D eigenvalue weighted by Gasteiger charge is 2.39. The molecular weight excluding hydrogens is 487 g/mol. The molecule has 3 unspecified atom stereocenters. The molecule has 7 heteroatoms. The van der Waals surface area contributed by atoms with Crippen LogP contribution in [-0.2, 0) is 4.79 Å². The van der Waals surface area contributed by atoms with Gasteiger partial charge in [-0.05, 0) is 43.4 Å². The molecular formula is C21H30ClIN4O. The Morgan fingerprint density at radius 2 is 2.00 bits per heavy atom. The fourth-order valence-corrected chi connectivity index (χ4v) is 4.71. The molecule has 1 saturated heterocycles. The third kappa shape index (κ3) is 5.12. The monoisotopic (exact) mass is 516 g/mol. The molecule has 0 bridgehead atoms. The van der Waals surface area contributed by atoms with E-state index in [4.69, 9.17) is 11.6 Å². The van der Waals surface area contributed by atoms with Crippen molar-refractivity contribution >= 4 is 47.4 Å². The zero-order chi connectivity index (χ0) is 18.8. The number of amides is 1. The molecule has 1 amide bonds. The Bertz CT molecular complexity index is 722. The Balaban J connectivity index is 0.00000225. The van der Waals surface area contributed by atoms with E-state index in [9.17, 15) is 4.79 Å². The summed E-state index contributed by atoms with van der Waals surface area (Å²) >= 11 is 6.11. The van der Waals surface area contributed by atoms with Gasteiger partial charge in [0.2, 0.25) is 5.91 Å². The van der Waals surface area contributed by atoms with Gasteiger partial charge in [0.1, 0.15) is 0 Å². The lowest BCUT2D eigenvalue weighted by Crippen LogP contribution is -2.46. The molecule has 1 aromatic rings. The van der Waals surface area contributed by atoms with Crippen molar-refractivity contribution < 1.29 is 4.79 Å². The molecule has 2 N–H and O–H groups in total. The van der Waals surface area contributed by atoms with E-state index in [0.717, 1.165) is 49.8 Å². The largest absolute Gasteiger partial charge is 0.353 e. The van der Waals surface area contributed by atoms with Gasteiger partial charge in [-0.2, -0.15) is 0 Å². The van der Waals surface area contributed by atoms with Crippen molar-refractivity contribution in [1.82, 2.24) is 15.5 Å². The second-order valence-electron chi connectivity index (χ2n) is 8.12. The van der Waals surface area contributed by atoms with Crippen LogP contribution in [0.3, 0.4) is 0 Å². The molecule has 2 aliphatic carbocycles. The summed E-state index contributed by atoms with van der Waals surface area (Å²) in [5, 5.41) is 7.83. The predicted octanol–water partition coefficient (Wildman–Crippen LogP) is 3.77. The Kier molecular flexibility index (Phi) is 7.48. The molecule has 4 rings (SSSR count). The van der Waals surface area contributed by atoms with Crippen LogP contribution in [0.25, 0.3) is 0 Å². The maximum absolute atomic E-state index is 12.6. The highest BCUT2D eigenvalue weighted by molar-refractivity contribution is 14.0. The van der Waals surface area contributed by atoms with Crippen LogP contribution >= 0.6 is 35.6 Å². The van der Waals surface area contributed by atoms with Gasteiger partial charge in [0.25, 0.3) is 0 Å². The Labute approximate surface area is 189 Å². The number of likely N-dealkylation sites (tertiary alicyclic amines) is 1. The van der Waals surface area contributed by atoms with E-state index in [1.165, 1.54) is 18.4 Å². The first kappa shape index (κ1) is 21.7. The maximum atomic E-state index is 12.6.